The van der Waals surface area contributed by atoms with Crippen molar-refractivity contribution in [2.45, 2.75) is 6.92 Å². The van der Waals surface area contributed by atoms with E-state index in [2.05, 4.69) is 15.3 Å². The lowest BCUT2D eigenvalue weighted by atomic mass is 10.3. The molecule has 0 aromatic heterocycles. The highest BCUT2D eigenvalue weighted by molar-refractivity contribution is 6.82. The van der Waals surface area contributed by atoms with Crippen molar-refractivity contribution in [2.75, 3.05) is 12.0 Å². The minimum absolute atomic E-state index is 0.228. The van der Waals surface area contributed by atoms with E-state index in [9.17, 15) is 4.79 Å². The van der Waals surface area contributed by atoms with Crippen LogP contribution in [0.3, 0.4) is 0 Å². The number of hydrazone groups is 1. The summed E-state index contributed by atoms with van der Waals surface area (Å²) in [5, 5.41) is 4.20. The molecule has 0 saturated carbocycles. The Morgan fingerprint density at radius 2 is 2.18 bits per heavy atom. The van der Waals surface area contributed by atoms with Crippen LogP contribution in [-0.2, 0) is 9.53 Å². The highest BCUT2D eigenvalue weighted by atomic mass is 35.5. The van der Waals surface area contributed by atoms with Gasteiger partial charge in [0.25, 0.3) is 0 Å². The zero-order valence-electron chi connectivity index (χ0n) is 8.84. The van der Waals surface area contributed by atoms with E-state index in [0.717, 1.165) is 0 Å². The zero-order chi connectivity index (χ0) is 12.8. The summed E-state index contributed by atoms with van der Waals surface area (Å²) in [6.07, 6.45) is 0. The van der Waals surface area contributed by atoms with Crippen LogP contribution >= 0.6 is 34.8 Å². The van der Waals surface area contributed by atoms with Crippen LogP contribution in [0.1, 0.15) is 6.92 Å². The van der Waals surface area contributed by atoms with E-state index >= 15 is 0 Å². The van der Waals surface area contributed by atoms with Gasteiger partial charge in [0.15, 0.2) is 0 Å². The van der Waals surface area contributed by atoms with Crippen LogP contribution < -0.4 is 5.43 Å². The summed E-state index contributed by atoms with van der Waals surface area (Å²) in [4.78, 5) is 11.1. The number of anilines is 1. The van der Waals surface area contributed by atoms with Crippen LogP contribution in [0.25, 0.3) is 0 Å². The second-order valence-corrected chi connectivity index (χ2v) is 4.06. The number of carbonyl (C=O) groups is 1. The fraction of sp³-hybridized carbons (Fsp3) is 0.200. The molecule has 0 amide bonds. The third kappa shape index (κ3) is 4.42. The number of nitrogens with zero attached hydrogens (tertiary/aromatic N) is 1. The number of esters is 1. The highest BCUT2D eigenvalue weighted by Gasteiger charge is 2.09. The van der Waals surface area contributed by atoms with E-state index < -0.39 is 5.97 Å². The summed E-state index contributed by atoms with van der Waals surface area (Å²) < 4.78 is 4.65. The molecule has 0 unspecified atom stereocenters. The third-order valence-corrected chi connectivity index (χ3v) is 2.44. The number of carbonyl (C=O) groups excluding carboxylic acids is 1. The Labute approximate surface area is 113 Å². The molecule has 0 saturated heterocycles. The molecule has 0 fully saturated rings. The van der Waals surface area contributed by atoms with Gasteiger partial charge in [-0.2, -0.15) is 5.10 Å². The first-order valence-corrected chi connectivity index (χ1v) is 5.79. The van der Waals surface area contributed by atoms with Gasteiger partial charge >= 0.3 is 5.97 Å². The molecule has 7 heteroatoms. The van der Waals surface area contributed by atoms with Gasteiger partial charge in [0, 0.05) is 5.02 Å². The molecule has 1 N–H and O–H groups in total. The summed E-state index contributed by atoms with van der Waals surface area (Å²) >= 11 is 17.2. The van der Waals surface area contributed by atoms with Gasteiger partial charge in [0.2, 0.25) is 5.17 Å². The Hall–Kier alpha value is -0.970. The van der Waals surface area contributed by atoms with Crippen molar-refractivity contribution in [1.29, 1.82) is 0 Å². The van der Waals surface area contributed by atoms with Gasteiger partial charge < -0.3 is 4.74 Å². The lowest BCUT2D eigenvalue weighted by molar-refractivity contribution is -0.134. The van der Waals surface area contributed by atoms with Gasteiger partial charge in [-0.25, -0.2) is 4.79 Å². The van der Waals surface area contributed by atoms with Gasteiger partial charge in [-0.05, 0) is 25.1 Å². The first-order valence-electron chi connectivity index (χ1n) is 4.66. The number of rotatable bonds is 4. The topological polar surface area (TPSA) is 50.7 Å². The van der Waals surface area contributed by atoms with Crippen LogP contribution in [0.5, 0.6) is 0 Å². The number of benzene rings is 1. The Bertz CT molecular complexity index is 449. The molecule has 0 heterocycles. The van der Waals surface area contributed by atoms with Gasteiger partial charge in [-0.15, -0.1) is 0 Å². The molecular weight excluding hydrogens is 286 g/mol. The van der Waals surface area contributed by atoms with Crippen molar-refractivity contribution >= 4 is 51.6 Å². The van der Waals surface area contributed by atoms with Crippen molar-refractivity contribution < 1.29 is 9.53 Å². The van der Waals surface area contributed by atoms with Crippen molar-refractivity contribution in [2.24, 2.45) is 5.10 Å². The van der Waals surface area contributed by atoms with E-state index in [1.165, 1.54) is 0 Å². The molecule has 1 rings (SSSR count). The average Bonchev–Trinajstić information content (AvgIpc) is 2.27. The van der Waals surface area contributed by atoms with E-state index in [1.54, 1.807) is 25.1 Å². The molecular formula is C10H9Cl3N2O2. The SMILES string of the molecule is CCOC(=O)/C(Cl)=N/Nc1ccc(Cl)cc1Cl. The lowest BCUT2D eigenvalue weighted by Gasteiger charge is -2.04. The number of nitrogens with one attached hydrogen (secondary N) is 1. The standard InChI is InChI=1S/C10H9Cl3N2O2/c1-2-17-10(16)9(13)15-14-8-4-3-6(11)5-7(8)12/h3-5,14H,2H2,1H3/b15-9-. The summed E-state index contributed by atoms with van der Waals surface area (Å²) in [6.45, 7) is 1.90. The Morgan fingerprint density at radius 1 is 1.47 bits per heavy atom. The second kappa shape index (κ2) is 6.69. The molecule has 0 aliphatic carbocycles. The molecule has 0 bridgehead atoms. The molecule has 1 aromatic carbocycles. The maximum Gasteiger partial charge on any atom is 0.370 e. The molecule has 1 aromatic rings. The van der Waals surface area contributed by atoms with E-state index in [0.29, 0.717) is 15.7 Å². The number of hydrogen-bond acceptors (Lipinski definition) is 4. The van der Waals surface area contributed by atoms with E-state index in [-0.39, 0.29) is 11.8 Å². The minimum atomic E-state index is -0.702. The highest BCUT2D eigenvalue weighted by Crippen LogP contribution is 2.25. The third-order valence-electron chi connectivity index (χ3n) is 1.65. The molecule has 92 valence electrons. The predicted octanol–water partition coefficient (Wildman–Crippen LogP) is 3.52. The first kappa shape index (κ1) is 14.1. The van der Waals surface area contributed by atoms with Crippen molar-refractivity contribution in [1.82, 2.24) is 0 Å². The Balaban J connectivity index is 2.72. The Morgan fingerprint density at radius 3 is 2.76 bits per heavy atom. The van der Waals surface area contributed by atoms with Gasteiger partial charge in [-0.3, -0.25) is 5.43 Å². The van der Waals surface area contributed by atoms with Crippen LogP contribution in [0.15, 0.2) is 23.3 Å². The smallest absolute Gasteiger partial charge is 0.370 e. The number of halogens is 3. The maximum atomic E-state index is 11.1. The zero-order valence-corrected chi connectivity index (χ0v) is 11.1. The normalized spacial score (nSPS) is 11.2. The van der Waals surface area contributed by atoms with Gasteiger partial charge in [0.1, 0.15) is 0 Å². The van der Waals surface area contributed by atoms with E-state index in [4.69, 9.17) is 34.8 Å². The molecule has 0 spiro atoms. The quantitative estimate of drug-likeness (QED) is 0.525. The number of hydrogen-bond donors (Lipinski definition) is 1. The summed E-state index contributed by atoms with van der Waals surface area (Å²) in [6, 6.07) is 4.78. The molecule has 0 aliphatic heterocycles. The van der Waals surface area contributed by atoms with Crippen LogP contribution in [-0.4, -0.2) is 17.7 Å². The van der Waals surface area contributed by atoms with E-state index in [1.807, 2.05) is 0 Å². The molecule has 4 nitrogen and oxygen atoms in total. The predicted molar refractivity (Wildman–Crippen MR) is 70.0 cm³/mol. The van der Waals surface area contributed by atoms with Crippen LogP contribution in [0.4, 0.5) is 5.69 Å². The average molecular weight is 296 g/mol. The van der Waals surface area contributed by atoms with Crippen molar-refractivity contribution in [3.63, 3.8) is 0 Å². The molecule has 17 heavy (non-hydrogen) atoms. The Kier molecular flexibility index (Phi) is 5.55. The summed E-state index contributed by atoms with van der Waals surface area (Å²) in [5.41, 5.74) is 3.03. The van der Waals surface area contributed by atoms with Gasteiger partial charge in [-0.1, -0.05) is 34.8 Å². The fourth-order valence-corrected chi connectivity index (χ4v) is 1.47. The molecule has 0 radical (unpaired) electrons. The lowest BCUT2D eigenvalue weighted by Crippen LogP contribution is -2.13. The fourth-order valence-electron chi connectivity index (χ4n) is 0.926. The molecule has 0 aliphatic rings. The summed E-state index contributed by atoms with van der Waals surface area (Å²) in [7, 11) is 0. The van der Waals surface area contributed by atoms with Crippen molar-refractivity contribution in [3.8, 4) is 0 Å². The molecule has 0 atom stereocenters. The largest absolute Gasteiger partial charge is 0.461 e. The first-order chi connectivity index (χ1) is 8.04. The van der Waals surface area contributed by atoms with Gasteiger partial charge in [0.05, 0.1) is 17.3 Å². The number of ether oxygens (including phenoxy) is 1. The monoisotopic (exact) mass is 294 g/mol. The summed E-state index contributed by atoms with van der Waals surface area (Å²) in [5.74, 6) is -0.702. The maximum absolute atomic E-state index is 11.1. The van der Waals surface area contributed by atoms with Crippen LogP contribution in [0.2, 0.25) is 10.0 Å². The van der Waals surface area contributed by atoms with Crippen LogP contribution in [0, 0.1) is 0 Å². The minimum Gasteiger partial charge on any atom is -0.461 e. The second-order valence-electron chi connectivity index (χ2n) is 2.86. The van der Waals surface area contributed by atoms with Crippen molar-refractivity contribution in [3.05, 3.63) is 28.2 Å².